The van der Waals surface area contributed by atoms with E-state index in [1.807, 2.05) is 0 Å². The number of hydrogen-bond donors (Lipinski definition) is 1. The minimum Gasteiger partial charge on any atom is -0.383 e. The number of rotatable bonds is 4. The number of pyridine rings is 1. The summed E-state index contributed by atoms with van der Waals surface area (Å²) >= 11 is 0. The Morgan fingerprint density at radius 1 is 1.25 bits per heavy atom. The van der Waals surface area contributed by atoms with Gasteiger partial charge in [0.15, 0.2) is 5.65 Å². The van der Waals surface area contributed by atoms with Gasteiger partial charge in [0.1, 0.15) is 5.82 Å². The molecule has 0 fully saturated rings. The number of benzene rings is 1. The zero-order chi connectivity index (χ0) is 17.3. The summed E-state index contributed by atoms with van der Waals surface area (Å²) in [6.07, 6.45) is 0. The number of aromatic nitrogens is 3. The highest BCUT2D eigenvalue weighted by atomic mass is 19.1. The van der Waals surface area contributed by atoms with Gasteiger partial charge in [0.25, 0.3) is 5.56 Å². The Hall–Kier alpha value is -2.80. The van der Waals surface area contributed by atoms with Crippen molar-refractivity contribution in [3.05, 3.63) is 62.6 Å². The first-order chi connectivity index (χ1) is 11.5. The van der Waals surface area contributed by atoms with Crippen molar-refractivity contribution < 1.29 is 9.13 Å². The smallest absolute Gasteiger partial charge is 0.330 e. The van der Waals surface area contributed by atoms with Crippen LogP contribution in [0.1, 0.15) is 5.56 Å². The molecule has 3 rings (SSSR count). The number of methoxy groups -OCH3 is 1. The minimum atomic E-state index is -0.535. The quantitative estimate of drug-likeness (QED) is 0.792. The molecule has 1 N–H and O–H groups in total. The molecule has 0 saturated heterocycles. The Morgan fingerprint density at radius 3 is 2.62 bits per heavy atom. The molecule has 3 aromatic rings. The molecule has 24 heavy (non-hydrogen) atoms. The Morgan fingerprint density at radius 2 is 1.96 bits per heavy atom. The molecule has 0 aliphatic rings. The van der Waals surface area contributed by atoms with E-state index in [2.05, 4.69) is 9.97 Å². The number of fused-ring (bicyclic) bond motifs is 1. The van der Waals surface area contributed by atoms with E-state index in [0.29, 0.717) is 34.5 Å². The summed E-state index contributed by atoms with van der Waals surface area (Å²) in [7, 11) is 1.53. The second-order valence-electron chi connectivity index (χ2n) is 5.43. The zero-order valence-electron chi connectivity index (χ0n) is 13.3. The number of hydrogen-bond acceptors (Lipinski definition) is 4. The molecular formula is C17H16FN3O3. The van der Waals surface area contributed by atoms with E-state index in [1.54, 1.807) is 25.1 Å². The molecule has 0 saturated carbocycles. The van der Waals surface area contributed by atoms with Crippen LogP contribution in [0.2, 0.25) is 0 Å². The highest BCUT2D eigenvalue weighted by molar-refractivity contribution is 5.81. The largest absolute Gasteiger partial charge is 0.383 e. The average molecular weight is 329 g/mol. The van der Waals surface area contributed by atoms with Crippen LogP contribution in [-0.4, -0.2) is 28.3 Å². The molecule has 0 amide bonds. The van der Waals surface area contributed by atoms with Gasteiger partial charge in [-0.15, -0.1) is 0 Å². The van der Waals surface area contributed by atoms with E-state index in [0.717, 1.165) is 0 Å². The Balaban J connectivity index is 2.30. The van der Waals surface area contributed by atoms with Crippen molar-refractivity contribution in [1.82, 2.24) is 14.5 Å². The molecule has 0 aliphatic heterocycles. The summed E-state index contributed by atoms with van der Waals surface area (Å²) in [6.45, 7) is 2.35. The predicted octanol–water partition coefficient (Wildman–Crippen LogP) is 1.85. The fourth-order valence-electron chi connectivity index (χ4n) is 2.61. The third-order valence-corrected chi connectivity index (χ3v) is 3.80. The molecule has 7 heteroatoms. The van der Waals surface area contributed by atoms with Gasteiger partial charge >= 0.3 is 5.69 Å². The van der Waals surface area contributed by atoms with E-state index in [-0.39, 0.29) is 12.4 Å². The number of aryl methyl sites for hydroxylation is 1. The third kappa shape index (κ3) is 2.85. The fourth-order valence-corrected chi connectivity index (χ4v) is 2.61. The number of nitrogens with one attached hydrogen (secondary N) is 1. The van der Waals surface area contributed by atoms with Gasteiger partial charge in [-0.2, -0.15) is 0 Å². The van der Waals surface area contributed by atoms with Gasteiger partial charge < -0.3 is 4.74 Å². The lowest BCUT2D eigenvalue weighted by molar-refractivity contribution is 0.187. The van der Waals surface area contributed by atoms with E-state index in [9.17, 15) is 14.0 Å². The van der Waals surface area contributed by atoms with Crippen molar-refractivity contribution in [2.45, 2.75) is 13.5 Å². The molecule has 0 atom stereocenters. The van der Waals surface area contributed by atoms with Crippen LogP contribution in [0.25, 0.3) is 22.3 Å². The molecular weight excluding hydrogens is 313 g/mol. The van der Waals surface area contributed by atoms with Crippen LogP contribution < -0.4 is 11.2 Å². The number of nitrogens with zero attached hydrogens (tertiary/aromatic N) is 2. The van der Waals surface area contributed by atoms with Crippen LogP contribution in [-0.2, 0) is 11.3 Å². The number of halogens is 1. The molecule has 0 spiro atoms. The molecule has 124 valence electrons. The van der Waals surface area contributed by atoms with Gasteiger partial charge in [0.05, 0.1) is 24.2 Å². The first kappa shape index (κ1) is 16.1. The highest BCUT2D eigenvalue weighted by Gasteiger charge is 2.13. The Bertz CT molecular complexity index is 1010. The summed E-state index contributed by atoms with van der Waals surface area (Å²) in [6, 6.07) is 7.63. The van der Waals surface area contributed by atoms with Crippen LogP contribution in [0.3, 0.4) is 0 Å². The Labute approximate surface area is 136 Å². The average Bonchev–Trinajstić information content (AvgIpc) is 2.54. The lowest BCUT2D eigenvalue weighted by Crippen LogP contribution is -2.32. The molecule has 2 heterocycles. The normalized spacial score (nSPS) is 11.1. The van der Waals surface area contributed by atoms with E-state index >= 15 is 0 Å². The van der Waals surface area contributed by atoms with Gasteiger partial charge in [0, 0.05) is 12.7 Å². The molecule has 0 bridgehead atoms. The Kier molecular flexibility index (Phi) is 4.26. The highest BCUT2D eigenvalue weighted by Crippen LogP contribution is 2.22. The third-order valence-electron chi connectivity index (χ3n) is 3.80. The first-order valence-electron chi connectivity index (χ1n) is 7.40. The van der Waals surface area contributed by atoms with Crippen LogP contribution >= 0.6 is 0 Å². The topological polar surface area (TPSA) is 77.0 Å². The van der Waals surface area contributed by atoms with Crippen molar-refractivity contribution in [3.63, 3.8) is 0 Å². The standard InChI is InChI=1S/C17H16FN3O3/c1-10-9-13(11-3-5-12(18)6-4-11)19-15-14(10)16(22)20-17(23)21(15)7-8-24-2/h3-6,9H,7-8H2,1-2H3,(H,20,22,23). The van der Waals surface area contributed by atoms with Crippen LogP contribution in [0.4, 0.5) is 4.39 Å². The minimum absolute atomic E-state index is 0.266. The van der Waals surface area contributed by atoms with Crippen molar-refractivity contribution in [2.75, 3.05) is 13.7 Å². The number of ether oxygens (including phenoxy) is 1. The maximum atomic E-state index is 13.1. The number of H-pyrrole nitrogens is 1. The van der Waals surface area contributed by atoms with Crippen molar-refractivity contribution in [2.24, 2.45) is 0 Å². The molecule has 6 nitrogen and oxygen atoms in total. The second kappa shape index (κ2) is 6.37. The predicted molar refractivity (Wildman–Crippen MR) is 88.6 cm³/mol. The van der Waals surface area contributed by atoms with E-state index in [1.165, 1.54) is 23.8 Å². The maximum Gasteiger partial charge on any atom is 0.330 e. The second-order valence-corrected chi connectivity index (χ2v) is 5.43. The van der Waals surface area contributed by atoms with Crippen molar-refractivity contribution in [1.29, 1.82) is 0 Å². The van der Waals surface area contributed by atoms with Crippen LogP contribution in [0.15, 0.2) is 39.9 Å². The molecule has 0 aliphatic carbocycles. The van der Waals surface area contributed by atoms with Gasteiger partial charge in [-0.05, 0) is 42.8 Å². The zero-order valence-corrected chi connectivity index (χ0v) is 13.3. The molecule has 0 unspecified atom stereocenters. The van der Waals surface area contributed by atoms with E-state index in [4.69, 9.17) is 4.74 Å². The summed E-state index contributed by atoms with van der Waals surface area (Å²) < 4.78 is 19.5. The van der Waals surface area contributed by atoms with Gasteiger partial charge in [0.2, 0.25) is 0 Å². The summed E-state index contributed by atoms with van der Waals surface area (Å²) in [4.78, 5) is 31.1. The van der Waals surface area contributed by atoms with Gasteiger partial charge in [-0.3, -0.25) is 14.3 Å². The van der Waals surface area contributed by atoms with Crippen LogP contribution in [0, 0.1) is 12.7 Å². The van der Waals surface area contributed by atoms with Crippen molar-refractivity contribution >= 4 is 11.0 Å². The summed E-state index contributed by atoms with van der Waals surface area (Å²) in [5, 5.41) is 0.358. The lowest BCUT2D eigenvalue weighted by Gasteiger charge is -2.11. The molecule has 0 radical (unpaired) electrons. The van der Waals surface area contributed by atoms with E-state index < -0.39 is 11.2 Å². The lowest BCUT2D eigenvalue weighted by atomic mass is 10.1. The first-order valence-corrected chi connectivity index (χ1v) is 7.40. The van der Waals surface area contributed by atoms with Crippen LogP contribution in [0.5, 0.6) is 0 Å². The van der Waals surface area contributed by atoms with Gasteiger partial charge in [-0.1, -0.05) is 0 Å². The van der Waals surface area contributed by atoms with Crippen molar-refractivity contribution in [3.8, 4) is 11.3 Å². The molecule has 2 aromatic heterocycles. The summed E-state index contributed by atoms with van der Waals surface area (Å²) in [5.41, 5.74) is 1.24. The fraction of sp³-hybridized carbons (Fsp3) is 0.235. The maximum absolute atomic E-state index is 13.1. The number of aromatic amines is 1. The van der Waals surface area contributed by atoms with Gasteiger partial charge in [-0.25, -0.2) is 14.2 Å². The SMILES string of the molecule is COCCn1c(=O)[nH]c(=O)c2c(C)cc(-c3ccc(F)cc3)nc21. The summed E-state index contributed by atoms with van der Waals surface area (Å²) in [5.74, 6) is -0.343. The monoisotopic (exact) mass is 329 g/mol. The molecule has 1 aromatic carbocycles.